The van der Waals surface area contributed by atoms with Gasteiger partial charge in [0.25, 0.3) is 0 Å². The maximum absolute atomic E-state index is 13.2. The molecule has 0 radical (unpaired) electrons. The highest BCUT2D eigenvalue weighted by atomic mass is 19.1. The number of carboxylic acids is 1. The molecule has 0 aromatic heterocycles. The molecule has 4 heteroatoms. The Bertz CT molecular complexity index is 988. The summed E-state index contributed by atoms with van der Waals surface area (Å²) in [5, 5.41) is 9.48. The highest BCUT2D eigenvalue weighted by molar-refractivity contribution is 5.97. The van der Waals surface area contributed by atoms with E-state index in [1.165, 1.54) is 24.3 Å². The van der Waals surface area contributed by atoms with E-state index in [0.717, 1.165) is 23.1 Å². The summed E-state index contributed by atoms with van der Waals surface area (Å²) in [4.78, 5) is 11.6. The molecule has 0 unspecified atom stereocenters. The Kier molecular flexibility index (Phi) is 5.46. The van der Waals surface area contributed by atoms with E-state index in [-0.39, 0.29) is 17.2 Å². The van der Waals surface area contributed by atoms with E-state index in [1.807, 2.05) is 13.0 Å². The average molecular weight is 364 g/mol. The minimum Gasteiger partial charge on any atom is -0.478 e. The van der Waals surface area contributed by atoms with Crippen LogP contribution in [-0.2, 0) is 0 Å². The number of carboxylic acid groups (broad SMARTS) is 1. The van der Waals surface area contributed by atoms with Gasteiger partial charge in [0.15, 0.2) is 0 Å². The standard InChI is InChI=1S/C23H18F2O2/c1-2-16(17-4-8-19(24)9-5-17)13-15-3-12-21(23(26)27)22(14-15)18-6-10-20(25)11-7-18/h3-14H,2H2,1H3,(H,26,27)/b16-13-. The molecule has 0 atom stereocenters. The van der Waals surface area contributed by atoms with E-state index in [9.17, 15) is 18.7 Å². The van der Waals surface area contributed by atoms with Crippen molar-refractivity contribution < 1.29 is 18.7 Å². The fraction of sp³-hybridized carbons (Fsp3) is 0.0870. The third-order valence-electron chi connectivity index (χ3n) is 4.37. The first-order valence-corrected chi connectivity index (χ1v) is 8.57. The fourth-order valence-corrected chi connectivity index (χ4v) is 2.96. The van der Waals surface area contributed by atoms with Crippen LogP contribution in [0, 0.1) is 11.6 Å². The molecule has 0 heterocycles. The molecule has 0 spiro atoms. The third-order valence-corrected chi connectivity index (χ3v) is 4.37. The van der Waals surface area contributed by atoms with Crippen molar-refractivity contribution in [3.63, 3.8) is 0 Å². The van der Waals surface area contributed by atoms with Gasteiger partial charge < -0.3 is 5.11 Å². The molecule has 0 saturated carbocycles. The normalized spacial score (nSPS) is 11.4. The van der Waals surface area contributed by atoms with E-state index in [1.54, 1.807) is 42.5 Å². The van der Waals surface area contributed by atoms with Crippen LogP contribution in [0.3, 0.4) is 0 Å². The molecule has 0 aliphatic rings. The van der Waals surface area contributed by atoms with Crippen molar-refractivity contribution in [2.75, 3.05) is 0 Å². The number of halogens is 2. The van der Waals surface area contributed by atoms with Crippen LogP contribution >= 0.6 is 0 Å². The predicted molar refractivity (Wildman–Crippen MR) is 103 cm³/mol. The maximum atomic E-state index is 13.2. The van der Waals surface area contributed by atoms with Crippen molar-refractivity contribution in [1.82, 2.24) is 0 Å². The number of benzene rings is 3. The average Bonchev–Trinajstić information content (AvgIpc) is 2.67. The Morgan fingerprint density at radius 2 is 1.52 bits per heavy atom. The molecular formula is C23H18F2O2. The zero-order valence-electron chi connectivity index (χ0n) is 14.7. The van der Waals surface area contributed by atoms with Crippen LogP contribution in [0.15, 0.2) is 66.7 Å². The lowest BCUT2D eigenvalue weighted by Crippen LogP contribution is -2.00. The molecule has 0 saturated heterocycles. The quantitative estimate of drug-likeness (QED) is 0.541. The van der Waals surface area contributed by atoms with Crippen LogP contribution in [0.2, 0.25) is 0 Å². The Labute approximate surface area is 156 Å². The van der Waals surface area contributed by atoms with Crippen LogP contribution in [0.5, 0.6) is 0 Å². The first kappa shape index (κ1) is 18.5. The third kappa shape index (κ3) is 4.29. The van der Waals surface area contributed by atoms with Gasteiger partial charge in [-0.05, 0) is 70.6 Å². The summed E-state index contributed by atoms with van der Waals surface area (Å²) in [7, 11) is 0. The molecule has 3 aromatic rings. The van der Waals surface area contributed by atoms with Crippen LogP contribution in [0.25, 0.3) is 22.8 Å². The van der Waals surface area contributed by atoms with Crippen molar-refractivity contribution >= 4 is 17.6 Å². The van der Waals surface area contributed by atoms with Crippen LogP contribution in [0.4, 0.5) is 8.78 Å². The lowest BCUT2D eigenvalue weighted by molar-refractivity contribution is 0.0697. The molecule has 0 amide bonds. The Morgan fingerprint density at radius 1 is 0.926 bits per heavy atom. The summed E-state index contributed by atoms with van der Waals surface area (Å²) in [5.74, 6) is -1.71. The summed E-state index contributed by atoms with van der Waals surface area (Å²) in [6.45, 7) is 2.00. The van der Waals surface area contributed by atoms with E-state index in [2.05, 4.69) is 0 Å². The largest absolute Gasteiger partial charge is 0.478 e. The zero-order chi connectivity index (χ0) is 19.4. The highest BCUT2D eigenvalue weighted by Crippen LogP contribution is 2.28. The van der Waals surface area contributed by atoms with E-state index < -0.39 is 5.97 Å². The first-order valence-electron chi connectivity index (χ1n) is 8.57. The van der Waals surface area contributed by atoms with Gasteiger partial charge in [0.2, 0.25) is 0 Å². The molecule has 0 aliphatic heterocycles. The second-order valence-electron chi connectivity index (χ2n) is 6.15. The Morgan fingerprint density at radius 3 is 2.07 bits per heavy atom. The summed E-state index contributed by atoms with van der Waals surface area (Å²) in [6.07, 6.45) is 2.68. The van der Waals surface area contributed by atoms with E-state index in [4.69, 9.17) is 0 Å². The highest BCUT2D eigenvalue weighted by Gasteiger charge is 2.13. The van der Waals surface area contributed by atoms with Gasteiger partial charge in [-0.15, -0.1) is 0 Å². The van der Waals surface area contributed by atoms with Crippen molar-refractivity contribution in [1.29, 1.82) is 0 Å². The number of rotatable bonds is 5. The smallest absolute Gasteiger partial charge is 0.336 e. The van der Waals surface area contributed by atoms with Gasteiger partial charge in [0.1, 0.15) is 11.6 Å². The van der Waals surface area contributed by atoms with Crippen molar-refractivity contribution in [3.8, 4) is 11.1 Å². The van der Waals surface area contributed by atoms with Gasteiger partial charge in [-0.2, -0.15) is 0 Å². The van der Waals surface area contributed by atoms with Crippen molar-refractivity contribution in [3.05, 3.63) is 95.1 Å². The van der Waals surface area contributed by atoms with Gasteiger partial charge in [-0.3, -0.25) is 0 Å². The summed E-state index contributed by atoms with van der Waals surface area (Å²) in [5.41, 5.74) is 4.03. The molecular weight excluding hydrogens is 346 g/mol. The minimum atomic E-state index is -1.04. The van der Waals surface area contributed by atoms with Gasteiger partial charge in [-0.1, -0.05) is 43.3 Å². The topological polar surface area (TPSA) is 37.3 Å². The molecule has 3 aromatic carbocycles. The molecule has 2 nitrogen and oxygen atoms in total. The number of aromatic carboxylic acids is 1. The van der Waals surface area contributed by atoms with Crippen LogP contribution < -0.4 is 0 Å². The molecule has 3 rings (SSSR count). The Balaban J connectivity index is 2.08. The Hall–Kier alpha value is -3.27. The summed E-state index contributed by atoms with van der Waals surface area (Å²) < 4.78 is 26.4. The van der Waals surface area contributed by atoms with E-state index in [0.29, 0.717) is 11.1 Å². The molecule has 1 N–H and O–H groups in total. The maximum Gasteiger partial charge on any atom is 0.336 e. The molecule has 136 valence electrons. The minimum absolute atomic E-state index is 0.151. The van der Waals surface area contributed by atoms with Crippen molar-refractivity contribution in [2.45, 2.75) is 13.3 Å². The first-order chi connectivity index (χ1) is 13.0. The number of carbonyl (C=O) groups is 1. The fourth-order valence-electron chi connectivity index (χ4n) is 2.96. The lowest BCUT2D eigenvalue weighted by atomic mass is 9.95. The second-order valence-corrected chi connectivity index (χ2v) is 6.15. The van der Waals surface area contributed by atoms with Gasteiger partial charge in [0.05, 0.1) is 5.56 Å². The number of hydrogen-bond donors (Lipinski definition) is 1. The zero-order valence-corrected chi connectivity index (χ0v) is 14.7. The van der Waals surface area contributed by atoms with Gasteiger partial charge in [-0.25, -0.2) is 13.6 Å². The van der Waals surface area contributed by atoms with Crippen LogP contribution in [0.1, 0.15) is 34.8 Å². The summed E-state index contributed by atoms with van der Waals surface area (Å²) in [6, 6.07) is 17.0. The number of allylic oxidation sites excluding steroid dienone is 1. The summed E-state index contributed by atoms with van der Waals surface area (Å²) >= 11 is 0. The SMILES string of the molecule is CC/C(=C/c1ccc(C(=O)O)c(-c2ccc(F)cc2)c1)c1ccc(F)cc1. The van der Waals surface area contributed by atoms with Gasteiger partial charge in [0, 0.05) is 0 Å². The predicted octanol–water partition coefficient (Wildman–Crippen LogP) is 6.28. The van der Waals surface area contributed by atoms with Gasteiger partial charge >= 0.3 is 5.97 Å². The molecule has 27 heavy (non-hydrogen) atoms. The second kappa shape index (κ2) is 7.96. The lowest BCUT2D eigenvalue weighted by Gasteiger charge is -2.10. The van der Waals surface area contributed by atoms with Crippen LogP contribution in [-0.4, -0.2) is 11.1 Å². The van der Waals surface area contributed by atoms with Crippen molar-refractivity contribution in [2.24, 2.45) is 0 Å². The number of hydrogen-bond acceptors (Lipinski definition) is 1. The molecule has 0 aliphatic carbocycles. The van der Waals surface area contributed by atoms with E-state index >= 15 is 0 Å². The molecule has 0 fully saturated rings. The monoisotopic (exact) mass is 364 g/mol. The molecule has 0 bridgehead atoms.